The highest BCUT2D eigenvalue weighted by Crippen LogP contribution is 2.25. The fourth-order valence-corrected chi connectivity index (χ4v) is 4.28. The normalized spacial score (nSPS) is 23.1. The summed E-state index contributed by atoms with van der Waals surface area (Å²) < 4.78 is 25.7. The summed E-state index contributed by atoms with van der Waals surface area (Å²) in [7, 11) is -3.35. The lowest BCUT2D eigenvalue weighted by atomic mass is 10.2. The molecular weight excluding hydrogens is 234 g/mol. The summed E-state index contributed by atoms with van der Waals surface area (Å²) in [5, 5.41) is 1.74. The standard InChI is InChI=1S/C9H11NO3S2/c11-7-8-3-4-10(6-8)15(12,13)9-2-1-5-14-9/h1-2,5,7-8H,3-4,6H2. The number of hydrogen-bond donors (Lipinski definition) is 0. The maximum absolute atomic E-state index is 12.0. The molecule has 82 valence electrons. The minimum absolute atomic E-state index is 0.139. The van der Waals surface area contributed by atoms with Crippen molar-refractivity contribution >= 4 is 27.6 Å². The van der Waals surface area contributed by atoms with E-state index >= 15 is 0 Å². The van der Waals surface area contributed by atoms with E-state index < -0.39 is 10.0 Å². The lowest BCUT2D eigenvalue weighted by molar-refractivity contribution is -0.110. The third kappa shape index (κ3) is 1.97. The minimum atomic E-state index is -3.35. The summed E-state index contributed by atoms with van der Waals surface area (Å²) in [4.78, 5) is 10.5. The smallest absolute Gasteiger partial charge is 0.252 e. The van der Waals surface area contributed by atoms with Crippen LogP contribution in [0.15, 0.2) is 21.7 Å². The molecule has 0 saturated carbocycles. The van der Waals surface area contributed by atoms with Crippen molar-refractivity contribution in [1.29, 1.82) is 0 Å². The summed E-state index contributed by atoms with van der Waals surface area (Å²) >= 11 is 1.21. The lowest BCUT2D eigenvalue weighted by Gasteiger charge is -2.13. The van der Waals surface area contributed by atoms with Gasteiger partial charge in [0.05, 0.1) is 0 Å². The zero-order chi connectivity index (χ0) is 10.9. The molecule has 1 unspecified atom stereocenters. The van der Waals surface area contributed by atoms with Crippen molar-refractivity contribution in [2.75, 3.05) is 13.1 Å². The highest BCUT2D eigenvalue weighted by molar-refractivity contribution is 7.91. The van der Waals surface area contributed by atoms with Gasteiger partial charge in [0.1, 0.15) is 10.5 Å². The van der Waals surface area contributed by atoms with Crippen LogP contribution in [0.5, 0.6) is 0 Å². The molecular formula is C9H11NO3S2. The van der Waals surface area contributed by atoms with Crippen molar-refractivity contribution in [3.05, 3.63) is 17.5 Å². The van der Waals surface area contributed by atoms with Gasteiger partial charge in [0, 0.05) is 19.0 Å². The highest BCUT2D eigenvalue weighted by atomic mass is 32.2. The first-order valence-corrected chi connectivity index (χ1v) is 6.95. The van der Waals surface area contributed by atoms with Gasteiger partial charge >= 0.3 is 0 Å². The Bertz CT molecular complexity index is 438. The molecule has 0 bridgehead atoms. The molecule has 6 heteroatoms. The summed E-state index contributed by atoms with van der Waals surface area (Å²) in [6.07, 6.45) is 1.47. The molecule has 1 fully saturated rings. The third-order valence-electron chi connectivity index (χ3n) is 2.47. The van der Waals surface area contributed by atoms with Crippen LogP contribution in [0.1, 0.15) is 6.42 Å². The van der Waals surface area contributed by atoms with E-state index in [2.05, 4.69) is 0 Å². The number of thiophene rings is 1. The third-order valence-corrected chi connectivity index (χ3v) is 5.71. The van der Waals surface area contributed by atoms with E-state index in [1.807, 2.05) is 0 Å². The number of carbonyl (C=O) groups is 1. The monoisotopic (exact) mass is 245 g/mol. The lowest BCUT2D eigenvalue weighted by Crippen LogP contribution is -2.28. The zero-order valence-electron chi connectivity index (χ0n) is 8.00. The predicted molar refractivity (Wildman–Crippen MR) is 57.2 cm³/mol. The summed E-state index contributed by atoms with van der Waals surface area (Å²) in [6.45, 7) is 0.771. The van der Waals surface area contributed by atoms with Crippen molar-refractivity contribution in [1.82, 2.24) is 4.31 Å². The minimum Gasteiger partial charge on any atom is -0.303 e. The molecule has 15 heavy (non-hydrogen) atoms. The Morgan fingerprint density at radius 1 is 1.53 bits per heavy atom. The van der Waals surface area contributed by atoms with Crippen LogP contribution >= 0.6 is 11.3 Å². The van der Waals surface area contributed by atoms with Gasteiger partial charge in [0.15, 0.2) is 0 Å². The van der Waals surface area contributed by atoms with Crippen molar-refractivity contribution < 1.29 is 13.2 Å². The Labute approximate surface area is 92.6 Å². The molecule has 0 aliphatic carbocycles. The van der Waals surface area contributed by atoms with Crippen LogP contribution in [0.4, 0.5) is 0 Å². The van der Waals surface area contributed by atoms with E-state index in [0.29, 0.717) is 23.7 Å². The first-order chi connectivity index (χ1) is 7.14. The molecule has 4 nitrogen and oxygen atoms in total. The van der Waals surface area contributed by atoms with E-state index in [4.69, 9.17) is 0 Å². The van der Waals surface area contributed by atoms with Crippen LogP contribution in [0.2, 0.25) is 0 Å². The van der Waals surface area contributed by atoms with E-state index in [0.717, 1.165) is 6.29 Å². The van der Waals surface area contributed by atoms with Gasteiger partial charge in [-0.3, -0.25) is 0 Å². The fourth-order valence-electron chi connectivity index (χ4n) is 1.62. The van der Waals surface area contributed by atoms with Crippen LogP contribution in [-0.4, -0.2) is 32.1 Å². The van der Waals surface area contributed by atoms with Crippen molar-refractivity contribution in [2.24, 2.45) is 5.92 Å². The van der Waals surface area contributed by atoms with Crippen molar-refractivity contribution in [2.45, 2.75) is 10.6 Å². The molecule has 2 rings (SSSR count). The van der Waals surface area contributed by atoms with Gasteiger partial charge in [-0.2, -0.15) is 4.31 Å². The van der Waals surface area contributed by atoms with Crippen LogP contribution in [0.3, 0.4) is 0 Å². The molecule has 1 aliphatic rings. The fraction of sp³-hybridized carbons (Fsp3) is 0.444. The Balaban J connectivity index is 2.22. The SMILES string of the molecule is O=CC1CCN(S(=O)(=O)c2cccs2)C1. The summed E-state index contributed by atoms with van der Waals surface area (Å²) in [5.41, 5.74) is 0. The van der Waals surface area contributed by atoms with E-state index in [9.17, 15) is 13.2 Å². The highest BCUT2D eigenvalue weighted by Gasteiger charge is 2.32. The van der Waals surface area contributed by atoms with Gasteiger partial charge in [-0.05, 0) is 17.9 Å². The van der Waals surface area contributed by atoms with Gasteiger partial charge in [0.25, 0.3) is 10.0 Å². The average molecular weight is 245 g/mol. The van der Waals surface area contributed by atoms with E-state index in [1.165, 1.54) is 15.6 Å². The molecule has 1 atom stereocenters. The van der Waals surface area contributed by atoms with Gasteiger partial charge < -0.3 is 4.79 Å². The van der Waals surface area contributed by atoms with Crippen LogP contribution in [0.25, 0.3) is 0 Å². The second-order valence-electron chi connectivity index (χ2n) is 3.48. The number of rotatable bonds is 3. The first kappa shape index (κ1) is 10.8. The molecule has 0 amide bonds. The Kier molecular flexibility index (Phi) is 2.90. The van der Waals surface area contributed by atoms with Crippen LogP contribution in [-0.2, 0) is 14.8 Å². The maximum atomic E-state index is 12.0. The van der Waals surface area contributed by atoms with Crippen molar-refractivity contribution in [3.8, 4) is 0 Å². The number of hydrogen-bond acceptors (Lipinski definition) is 4. The molecule has 1 aromatic heterocycles. The molecule has 1 aliphatic heterocycles. The number of carbonyl (C=O) groups excluding carboxylic acids is 1. The first-order valence-electron chi connectivity index (χ1n) is 4.63. The molecule has 2 heterocycles. The molecule has 1 saturated heterocycles. The van der Waals surface area contributed by atoms with Crippen molar-refractivity contribution in [3.63, 3.8) is 0 Å². The van der Waals surface area contributed by atoms with Gasteiger partial charge in [0.2, 0.25) is 0 Å². The number of nitrogens with zero attached hydrogens (tertiary/aromatic N) is 1. The molecule has 0 N–H and O–H groups in total. The summed E-state index contributed by atoms with van der Waals surface area (Å²) in [6, 6.07) is 3.30. The Hall–Kier alpha value is -0.720. The maximum Gasteiger partial charge on any atom is 0.252 e. The van der Waals surface area contributed by atoms with Gasteiger partial charge in [-0.15, -0.1) is 11.3 Å². The van der Waals surface area contributed by atoms with Crippen LogP contribution in [0, 0.1) is 5.92 Å². The van der Waals surface area contributed by atoms with E-state index in [1.54, 1.807) is 17.5 Å². The van der Waals surface area contributed by atoms with Gasteiger partial charge in [-0.1, -0.05) is 6.07 Å². The molecule has 0 spiro atoms. The number of aldehydes is 1. The Morgan fingerprint density at radius 3 is 2.87 bits per heavy atom. The quantitative estimate of drug-likeness (QED) is 0.745. The number of sulfonamides is 1. The Morgan fingerprint density at radius 2 is 2.33 bits per heavy atom. The second kappa shape index (κ2) is 4.03. The largest absolute Gasteiger partial charge is 0.303 e. The molecule has 0 radical (unpaired) electrons. The zero-order valence-corrected chi connectivity index (χ0v) is 9.63. The summed E-state index contributed by atoms with van der Waals surface area (Å²) in [5.74, 6) is -0.139. The van der Waals surface area contributed by atoms with Gasteiger partial charge in [-0.25, -0.2) is 8.42 Å². The second-order valence-corrected chi connectivity index (χ2v) is 6.59. The van der Waals surface area contributed by atoms with E-state index in [-0.39, 0.29) is 5.92 Å². The molecule has 1 aromatic rings. The predicted octanol–water partition coefficient (Wildman–Crippen LogP) is 0.958. The topological polar surface area (TPSA) is 54.5 Å². The molecule has 0 aromatic carbocycles. The average Bonchev–Trinajstić information content (AvgIpc) is 2.89. The van der Waals surface area contributed by atoms with Crippen LogP contribution < -0.4 is 0 Å².